The normalized spacial score (nSPS) is 14.9. The minimum atomic E-state index is -3.81. The molecule has 36 heavy (non-hydrogen) atoms. The van der Waals surface area contributed by atoms with Gasteiger partial charge in [-0.1, -0.05) is 0 Å². The van der Waals surface area contributed by atoms with Gasteiger partial charge in [-0.25, -0.2) is 21.9 Å². The van der Waals surface area contributed by atoms with Crippen LogP contribution in [0, 0.1) is 18.6 Å². The monoisotopic (exact) mass is 518 g/mol. The third-order valence-corrected chi connectivity index (χ3v) is 7.08. The zero-order valence-corrected chi connectivity index (χ0v) is 20.6. The molecule has 0 atom stereocenters. The Kier molecular flexibility index (Phi) is 6.08. The molecule has 1 saturated heterocycles. The van der Waals surface area contributed by atoms with Gasteiger partial charge in [-0.05, 0) is 31.9 Å². The van der Waals surface area contributed by atoms with E-state index in [1.165, 1.54) is 7.05 Å². The molecule has 0 amide bonds. The molecule has 1 aliphatic rings. The van der Waals surface area contributed by atoms with E-state index >= 15 is 0 Å². The van der Waals surface area contributed by atoms with Gasteiger partial charge in [0.25, 0.3) is 0 Å². The molecule has 3 aromatic heterocycles. The number of fused-ring (bicyclic) bond motifs is 1. The predicted octanol–water partition coefficient (Wildman–Crippen LogP) is 3.40. The zero-order chi connectivity index (χ0) is 25.6. The molecule has 1 aromatic carbocycles. The number of sulfone groups is 1. The van der Waals surface area contributed by atoms with E-state index in [-0.39, 0.29) is 12.0 Å². The highest BCUT2D eigenvalue weighted by molar-refractivity contribution is 7.90. The minimum absolute atomic E-state index is 0.0176. The molecule has 14 heteroatoms. The SMILES string of the molecule is Cc1cc(Nc2nc(N(C)c3c(F)cc(S(C)(=O)=O)cc3F)nc3c2cnn3C2CCOCC2)n[nH]1. The lowest BCUT2D eigenvalue weighted by Gasteiger charge is -2.24. The fourth-order valence-electron chi connectivity index (χ4n) is 4.14. The Morgan fingerprint density at radius 1 is 1.17 bits per heavy atom. The first-order valence-corrected chi connectivity index (χ1v) is 13.1. The van der Waals surface area contributed by atoms with E-state index in [4.69, 9.17) is 4.74 Å². The van der Waals surface area contributed by atoms with E-state index in [1.807, 2.05) is 6.92 Å². The van der Waals surface area contributed by atoms with Gasteiger partial charge in [-0.15, -0.1) is 0 Å². The summed E-state index contributed by atoms with van der Waals surface area (Å²) in [4.78, 5) is 9.79. The minimum Gasteiger partial charge on any atom is -0.381 e. The molecule has 1 fully saturated rings. The maximum Gasteiger partial charge on any atom is 0.233 e. The molecule has 4 aromatic rings. The van der Waals surface area contributed by atoms with E-state index in [9.17, 15) is 17.2 Å². The van der Waals surface area contributed by atoms with Gasteiger partial charge in [0.2, 0.25) is 5.95 Å². The van der Waals surface area contributed by atoms with Crippen LogP contribution >= 0.6 is 0 Å². The lowest BCUT2D eigenvalue weighted by molar-refractivity contribution is 0.0673. The summed E-state index contributed by atoms with van der Waals surface area (Å²) in [5.41, 5.74) is 0.815. The first-order chi connectivity index (χ1) is 17.1. The molecule has 190 valence electrons. The zero-order valence-electron chi connectivity index (χ0n) is 19.8. The second kappa shape index (κ2) is 9.09. The van der Waals surface area contributed by atoms with Gasteiger partial charge in [-0.2, -0.15) is 20.2 Å². The van der Waals surface area contributed by atoms with Gasteiger partial charge >= 0.3 is 0 Å². The van der Waals surface area contributed by atoms with Crippen LogP contribution in [0.15, 0.2) is 29.3 Å². The molecule has 4 heterocycles. The molecule has 11 nitrogen and oxygen atoms in total. The molecule has 0 saturated carbocycles. The van der Waals surface area contributed by atoms with Gasteiger partial charge in [-0.3, -0.25) is 5.10 Å². The van der Waals surface area contributed by atoms with Crippen LogP contribution in [0.1, 0.15) is 24.6 Å². The second-order valence-corrected chi connectivity index (χ2v) is 10.7. The third kappa shape index (κ3) is 4.48. The van der Waals surface area contributed by atoms with Crippen molar-refractivity contribution < 1.29 is 21.9 Å². The van der Waals surface area contributed by atoms with Crippen LogP contribution in [0.2, 0.25) is 0 Å². The van der Waals surface area contributed by atoms with Gasteiger partial charge < -0.3 is 15.0 Å². The number of hydrogen-bond acceptors (Lipinski definition) is 9. The summed E-state index contributed by atoms with van der Waals surface area (Å²) >= 11 is 0. The van der Waals surface area contributed by atoms with Crippen molar-refractivity contribution >= 4 is 44.1 Å². The summed E-state index contributed by atoms with van der Waals surface area (Å²) in [6, 6.07) is 3.37. The number of aromatic nitrogens is 6. The van der Waals surface area contributed by atoms with Crippen LogP contribution in [0.3, 0.4) is 0 Å². The van der Waals surface area contributed by atoms with Gasteiger partial charge in [0.1, 0.15) is 11.5 Å². The van der Waals surface area contributed by atoms with E-state index in [0.29, 0.717) is 35.9 Å². The maximum absolute atomic E-state index is 15.0. The van der Waals surface area contributed by atoms with Crippen LogP contribution in [-0.2, 0) is 14.6 Å². The number of aromatic amines is 1. The first-order valence-electron chi connectivity index (χ1n) is 11.2. The Morgan fingerprint density at radius 3 is 2.47 bits per heavy atom. The van der Waals surface area contributed by atoms with Crippen molar-refractivity contribution in [2.75, 3.05) is 36.7 Å². The lowest BCUT2D eigenvalue weighted by Crippen LogP contribution is -2.22. The fraction of sp³-hybridized carbons (Fsp3) is 0.364. The number of aryl methyl sites for hydroxylation is 1. The van der Waals surface area contributed by atoms with Crippen molar-refractivity contribution in [3.63, 3.8) is 0 Å². The third-order valence-electron chi connectivity index (χ3n) is 5.99. The van der Waals surface area contributed by atoms with E-state index in [1.54, 1.807) is 16.9 Å². The Labute approximate surface area is 205 Å². The van der Waals surface area contributed by atoms with E-state index in [2.05, 4.69) is 30.6 Å². The molecule has 0 spiro atoms. The van der Waals surface area contributed by atoms with Crippen LogP contribution in [0.25, 0.3) is 11.0 Å². The molecular weight excluding hydrogens is 494 g/mol. The molecular formula is C22H24F2N8O3S. The highest BCUT2D eigenvalue weighted by Crippen LogP contribution is 2.34. The van der Waals surface area contributed by atoms with Crippen molar-refractivity contribution in [1.82, 2.24) is 29.9 Å². The number of benzene rings is 1. The van der Waals surface area contributed by atoms with Crippen LogP contribution in [0.5, 0.6) is 0 Å². The van der Waals surface area contributed by atoms with Crippen molar-refractivity contribution in [3.8, 4) is 0 Å². The largest absolute Gasteiger partial charge is 0.381 e. The topological polar surface area (TPSA) is 131 Å². The number of rotatable bonds is 6. The number of H-pyrrole nitrogens is 1. The van der Waals surface area contributed by atoms with E-state index < -0.39 is 32.1 Å². The Morgan fingerprint density at radius 2 is 1.86 bits per heavy atom. The Balaban J connectivity index is 1.64. The number of nitrogens with one attached hydrogen (secondary N) is 2. The predicted molar refractivity (Wildman–Crippen MR) is 129 cm³/mol. The average molecular weight is 519 g/mol. The maximum atomic E-state index is 15.0. The van der Waals surface area contributed by atoms with Gasteiger partial charge in [0.05, 0.1) is 22.5 Å². The first kappa shape index (κ1) is 24.1. The molecule has 1 aliphatic heterocycles. The van der Waals surface area contributed by atoms with Crippen molar-refractivity contribution in [3.05, 3.63) is 41.7 Å². The smallest absolute Gasteiger partial charge is 0.233 e. The number of nitrogens with zero attached hydrogens (tertiary/aromatic N) is 6. The second-order valence-electron chi connectivity index (χ2n) is 8.67. The van der Waals surface area contributed by atoms with E-state index in [0.717, 1.165) is 41.8 Å². The highest BCUT2D eigenvalue weighted by atomic mass is 32.2. The quantitative estimate of drug-likeness (QED) is 0.394. The summed E-state index contributed by atoms with van der Waals surface area (Å²) in [5, 5.41) is 15.3. The Hall–Kier alpha value is -3.65. The van der Waals surface area contributed by atoms with Crippen molar-refractivity contribution in [2.45, 2.75) is 30.7 Å². The van der Waals surface area contributed by atoms with Crippen molar-refractivity contribution in [1.29, 1.82) is 0 Å². The van der Waals surface area contributed by atoms with Crippen LogP contribution < -0.4 is 10.2 Å². The summed E-state index contributed by atoms with van der Waals surface area (Å²) < 4.78 is 60.8. The summed E-state index contributed by atoms with van der Waals surface area (Å²) in [6.07, 6.45) is 4.00. The number of anilines is 4. The van der Waals surface area contributed by atoms with Crippen LogP contribution in [0.4, 0.5) is 32.1 Å². The molecule has 5 rings (SSSR count). The summed E-state index contributed by atoms with van der Waals surface area (Å²) in [6.45, 7) is 3.02. The van der Waals surface area contributed by atoms with Gasteiger partial charge in [0, 0.05) is 38.3 Å². The Bertz CT molecular complexity index is 1520. The standard InChI is InChI=1S/C22H24F2N8O3S/c1-12-8-18(30-29-12)26-20-15-11-25-32(13-4-6-35-7-5-13)21(15)28-22(27-20)31(2)19-16(23)9-14(10-17(19)24)36(3,33)34/h8-11,13H,4-7H2,1-3H3,(H2,26,27,28,29,30). The van der Waals surface area contributed by atoms with Crippen molar-refractivity contribution in [2.24, 2.45) is 0 Å². The summed E-state index contributed by atoms with van der Waals surface area (Å²) in [7, 11) is -2.40. The molecule has 2 N–H and O–H groups in total. The highest BCUT2D eigenvalue weighted by Gasteiger charge is 2.25. The molecule has 0 aliphatic carbocycles. The lowest BCUT2D eigenvalue weighted by atomic mass is 10.1. The number of hydrogen-bond donors (Lipinski definition) is 2. The fourth-order valence-corrected chi connectivity index (χ4v) is 4.77. The molecule has 0 radical (unpaired) electrons. The van der Waals surface area contributed by atoms with Crippen LogP contribution in [-0.4, -0.2) is 64.9 Å². The average Bonchev–Trinajstić information content (AvgIpc) is 3.44. The van der Waals surface area contributed by atoms with Gasteiger partial charge in [0.15, 0.2) is 32.9 Å². The molecule has 0 unspecified atom stereocenters. The number of halogens is 2. The summed E-state index contributed by atoms with van der Waals surface area (Å²) in [5.74, 6) is -1.29. The molecule has 0 bridgehead atoms. The number of ether oxygens (including phenoxy) is 1.